The predicted octanol–water partition coefficient (Wildman–Crippen LogP) is 4.10. The van der Waals surface area contributed by atoms with Gasteiger partial charge in [0.15, 0.2) is 0 Å². The van der Waals surface area contributed by atoms with Crippen molar-refractivity contribution in [3.05, 3.63) is 0 Å². The number of hydrogen-bond acceptors (Lipinski definition) is 2. The van der Waals surface area contributed by atoms with E-state index in [0.717, 1.165) is 6.04 Å². The van der Waals surface area contributed by atoms with Gasteiger partial charge in [0.25, 0.3) is 0 Å². The minimum absolute atomic E-state index is 0.483. The summed E-state index contributed by atoms with van der Waals surface area (Å²) in [5.41, 5.74) is 0.483. The number of nitrogens with one attached hydrogen (secondary N) is 1. The molecule has 0 aromatic heterocycles. The Morgan fingerprint density at radius 3 is 2.15 bits per heavy atom. The van der Waals surface area contributed by atoms with E-state index in [-0.39, 0.29) is 0 Å². The Hall–Kier alpha value is -0.0800. The average Bonchev–Trinajstić information content (AvgIpc) is 2.62. The molecule has 3 fully saturated rings. The van der Waals surface area contributed by atoms with Crippen molar-refractivity contribution >= 4 is 0 Å². The molecule has 0 aromatic rings. The van der Waals surface area contributed by atoms with Crippen LogP contribution in [-0.2, 0) is 0 Å². The smallest absolute Gasteiger partial charge is 0.0308 e. The Labute approximate surface area is 125 Å². The Kier molecular flexibility index (Phi) is 5.39. The topological polar surface area (TPSA) is 15.3 Å². The summed E-state index contributed by atoms with van der Waals surface area (Å²) >= 11 is 0. The molecule has 3 rings (SSSR count). The third-order valence-electron chi connectivity index (χ3n) is 6.03. The number of rotatable bonds is 1. The summed E-state index contributed by atoms with van der Waals surface area (Å²) < 4.78 is 0. The molecule has 2 saturated carbocycles. The maximum atomic E-state index is 3.95. The van der Waals surface area contributed by atoms with Crippen LogP contribution in [0.15, 0.2) is 0 Å². The Morgan fingerprint density at radius 1 is 0.750 bits per heavy atom. The first-order chi connectivity index (χ1) is 9.88. The van der Waals surface area contributed by atoms with Crippen molar-refractivity contribution in [3.63, 3.8) is 0 Å². The zero-order valence-corrected chi connectivity index (χ0v) is 13.3. The molecule has 2 nitrogen and oxygen atoms in total. The highest BCUT2D eigenvalue weighted by Gasteiger charge is 2.36. The molecule has 0 atom stereocenters. The highest BCUT2D eigenvalue weighted by Crippen LogP contribution is 2.32. The van der Waals surface area contributed by atoms with Gasteiger partial charge in [0.05, 0.1) is 0 Å². The lowest BCUT2D eigenvalue weighted by atomic mass is 9.81. The second kappa shape index (κ2) is 7.26. The Bertz CT molecular complexity index is 275. The highest BCUT2D eigenvalue weighted by molar-refractivity contribution is 4.96. The van der Waals surface area contributed by atoms with Crippen LogP contribution in [0, 0.1) is 0 Å². The van der Waals surface area contributed by atoms with Crippen LogP contribution in [0.1, 0.15) is 83.5 Å². The molecule has 1 aliphatic heterocycles. The Balaban J connectivity index is 1.64. The molecule has 1 heterocycles. The van der Waals surface area contributed by atoms with E-state index in [4.69, 9.17) is 0 Å². The minimum Gasteiger partial charge on any atom is -0.310 e. The largest absolute Gasteiger partial charge is 0.310 e. The fourth-order valence-electron chi connectivity index (χ4n) is 4.83. The lowest BCUT2D eigenvalue weighted by Crippen LogP contribution is -2.54. The van der Waals surface area contributed by atoms with E-state index in [9.17, 15) is 0 Å². The molecule has 0 bridgehead atoms. The fourth-order valence-corrected chi connectivity index (χ4v) is 4.83. The van der Waals surface area contributed by atoms with Crippen LogP contribution in [0.25, 0.3) is 0 Å². The SMILES string of the molecule is C1CCCC(N2CCCNC3(CCCCC3)C2)CCC1. The van der Waals surface area contributed by atoms with E-state index >= 15 is 0 Å². The molecule has 0 amide bonds. The summed E-state index contributed by atoms with van der Waals surface area (Å²) in [6.07, 6.45) is 18.9. The summed E-state index contributed by atoms with van der Waals surface area (Å²) in [5.74, 6) is 0. The maximum Gasteiger partial charge on any atom is 0.0308 e. The van der Waals surface area contributed by atoms with Gasteiger partial charge in [-0.15, -0.1) is 0 Å². The summed E-state index contributed by atoms with van der Waals surface area (Å²) in [7, 11) is 0. The molecular weight excluding hydrogens is 244 g/mol. The standard InChI is InChI=1S/C18H34N2/c1-2-5-10-17(11-6-3-1)20-15-9-14-19-18(16-20)12-7-4-8-13-18/h17,19H,1-16H2. The average molecular weight is 278 g/mol. The zero-order chi connectivity index (χ0) is 13.7. The molecular formula is C18H34N2. The summed E-state index contributed by atoms with van der Waals surface area (Å²) in [5, 5.41) is 3.95. The first-order valence-corrected chi connectivity index (χ1v) is 9.37. The van der Waals surface area contributed by atoms with Crippen LogP contribution in [0.3, 0.4) is 0 Å². The molecule has 0 unspecified atom stereocenters. The second-order valence-corrected chi connectivity index (χ2v) is 7.59. The van der Waals surface area contributed by atoms with Gasteiger partial charge >= 0.3 is 0 Å². The predicted molar refractivity (Wildman–Crippen MR) is 86.1 cm³/mol. The molecule has 116 valence electrons. The van der Waals surface area contributed by atoms with Crippen LogP contribution < -0.4 is 5.32 Å². The van der Waals surface area contributed by atoms with Gasteiger partial charge in [-0.25, -0.2) is 0 Å². The molecule has 1 N–H and O–H groups in total. The maximum absolute atomic E-state index is 3.95. The van der Waals surface area contributed by atoms with E-state index in [1.54, 1.807) is 0 Å². The second-order valence-electron chi connectivity index (χ2n) is 7.59. The minimum atomic E-state index is 0.483. The van der Waals surface area contributed by atoms with Gasteiger partial charge in [0, 0.05) is 18.1 Å². The van der Waals surface area contributed by atoms with Crippen LogP contribution in [0.2, 0.25) is 0 Å². The van der Waals surface area contributed by atoms with Crippen LogP contribution >= 0.6 is 0 Å². The molecule has 3 aliphatic rings. The van der Waals surface area contributed by atoms with Crippen molar-refractivity contribution in [2.45, 2.75) is 95.1 Å². The van der Waals surface area contributed by atoms with Crippen molar-refractivity contribution < 1.29 is 0 Å². The van der Waals surface area contributed by atoms with Gasteiger partial charge in [0.2, 0.25) is 0 Å². The van der Waals surface area contributed by atoms with E-state index in [1.807, 2.05) is 0 Å². The van der Waals surface area contributed by atoms with Crippen molar-refractivity contribution in [3.8, 4) is 0 Å². The monoisotopic (exact) mass is 278 g/mol. The van der Waals surface area contributed by atoms with Crippen LogP contribution in [0.5, 0.6) is 0 Å². The molecule has 0 aromatic carbocycles. The van der Waals surface area contributed by atoms with Gasteiger partial charge in [-0.05, 0) is 45.2 Å². The highest BCUT2D eigenvalue weighted by atomic mass is 15.2. The van der Waals surface area contributed by atoms with E-state index < -0.39 is 0 Å². The van der Waals surface area contributed by atoms with E-state index in [1.165, 1.54) is 103 Å². The van der Waals surface area contributed by atoms with Crippen LogP contribution in [0.4, 0.5) is 0 Å². The first kappa shape index (κ1) is 14.8. The third kappa shape index (κ3) is 3.76. The van der Waals surface area contributed by atoms with E-state index in [0.29, 0.717) is 5.54 Å². The number of nitrogens with zero attached hydrogens (tertiary/aromatic N) is 1. The summed E-state index contributed by atoms with van der Waals surface area (Å²) in [4.78, 5) is 2.90. The van der Waals surface area contributed by atoms with Gasteiger partial charge in [0.1, 0.15) is 0 Å². The van der Waals surface area contributed by atoms with Gasteiger partial charge in [-0.2, -0.15) is 0 Å². The molecule has 0 radical (unpaired) electrons. The molecule has 20 heavy (non-hydrogen) atoms. The molecule has 1 saturated heterocycles. The number of hydrogen-bond donors (Lipinski definition) is 1. The molecule has 2 aliphatic carbocycles. The quantitative estimate of drug-likeness (QED) is 0.777. The molecule has 1 spiro atoms. The lowest BCUT2D eigenvalue weighted by molar-refractivity contribution is 0.112. The normalized spacial score (nSPS) is 30.6. The molecule has 2 heteroatoms. The lowest BCUT2D eigenvalue weighted by Gasteiger charge is -2.42. The Morgan fingerprint density at radius 2 is 1.40 bits per heavy atom. The van der Waals surface area contributed by atoms with Gasteiger partial charge in [-0.3, -0.25) is 4.90 Å². The van der Waals surface area contributed by atoms with Crippen molar-refractivity contribution in [2.75, 3.05) is 19.6 Å². The van der Waals surface area contributed by atoms with Gasteiger partial charge < -0.3 is 5.32 Å². The van der Waals surface area contributed by atoms with Crippen LogP contribution in [-0.4, -0.2) is 36.1 Å². The fraction of sp³-hybridized carbons (Fsp3) is 1.00. The zero-order valence-electron chi connectivity index (χ0n) is 13.3. The summed E-state index contributed by atoms with van der Waals surface area (Å²) in [6.45, 7) is 3.94. The summed E-state index contributed by atoms with van der Waals surface area (Å²) in [6, 6.07) is 0.897. The van der Waals surface area contributed by atoms with Crippen molar-refractivity contribution in [1.82, 2.24) is 10.2 Å². The van der Waals surface area contributed by atoms with E-state index in [2.05, 4.69) is 10.2 Å². The third-order valence-corrected chi connectivity index (χ3v) is 6.03. The first-order valence-electron chi connectivity index (χ1n) is 9.37. The van der Waals surface area contributed by atoms with Crippen molar-refractivity contribution in [2.24, 2.45) is 0 Å². The van der Waals surface area contributed by atoms with Gasteiger partial charge in [-0.1, -0.05) is 51.4 Å². The van der Waals surface area contributed by atoms with Crippen molar-refractivity contribution in [1.29, 1.82) is 0 Å².